The second-order valence-corrected chi connectivity index (χ2v) is 7.79. The number of carbonyl (C=O) groups excluding carboxylic acids is 1. The SMILES string of the molecule is O=C(Nc1ccc(N2CCN(c3ccc(F)cc3)CC2)nc1)NC1CCCCC1. The molecule has 1 saturated heterocycles. The zero-order valence-corrected chi connectivity index (χ0v) is 16.6. The molecule has 1 aliphatic heterocycles. The number of hydrogen-bond donors (Lipinski definition) is 2. The van der Waals surface area contributed by atoms with Gasteiger partial charge in [-0.1, -0.05) is 19.3 Å². The van der Waals surface area contributed by atoms with E-state index in [-0.39, 0.29) is 17.9 Å². The number of piperazine rings is 1. The Labute approximate surface area is 171 Å². The van der Waals surface area contributed by atoms with E-state index in [0.717, 1.165) is 50.5 Å². The van der Waals surface area contributed by atoms with Crippen LogP contribution in [0, 0.1) is 5.82 Å². The number of halogens is 1. The van der Waals surface area contributed by atoms with Crippen molar-refractivity contribution < 1.29 is 9.18 Å². The maximum Gasteiger partial charge on any atom is 0.319 e. The van der Waals surface area contributed by atoms with Gasteiger partial charge < -0.3 is 20.4 Å². The van der Waals surface area contributed by atoms with Crippen molar-refractivity contribution in [3.63, 3.8) is 0 Å². The van der Waals surface area contributed by atoms with Gasteiger partial charge in [0.05, 0.1) is 11.9 Å². The Morgan fingerprint density at radius 3 is 2.28 bits per heavy atom. The quantitative estimate of drug-likeness (QED) is 0.819. The van der Waals surface area contributed by atoms with Crippen LogP contribution in [0.2, 0.25) is 0 Å². The van der Waals surface area contributed by atoms with Crippen molar-refractivity contribution in [2.75, 3.05) is 41.3 Å². The summed E-state index contributed by atoms with van der Waals surface area (Å²) in [5.74, 6) is 0.694. The van der Waals surface area contributed by atoms with Gasteiger partial charge >= 0.3 is 6.03 Å². The van der Waals surface area contributed by atoms with Crippen LogP contribution in [0.25, 0.3) is 0 Å². The average molecular weight is 397 g/mol. The number of carbonyl (C=O) groups is 1. The minimum atomic E-state index is -0.210. The molecule has 1 saturated carbocycles. The molecule has 1 aliphatic carbocycles. The topological polar surface area (TPSA) is 60.5 Å². The predicted molar refractivity (Wildman–Crippen MR) is 114 cm³/mol. The van der Waals surface area contributed by atoms with Crippen LogP contribution in [-0.4, -0.2) is 43.2 Å². The predicted octanol–water partition coefficient (Wildman–Crippen LogP) is 4.00. The number of pyridine rings is 1. The van der Waals surface area contributed by atoms with E-state index in [4.69, 9.17) is 0 Å². The van der Waals surface area contributed by atoms with Crippen molar-refractivity contribution in [3.05, 3.63) is 48.4 Å². The molecule has 2 heterocycles. The first-order valence-corrected chi connectivity index (χ1v) is 10.5. The lowest BCUT2D eigenvalue weighted by atomic mass is 9.96. The van der Waals surface area contributed by atoms with E-state index in [1.165, 1.54) is 31.4 Å². The number of benzene rings is 1. The molecule has 2 aromatic rings. The minimum Gasteiger partial charge on any atom is -0.368 e. The molecule has 0 radical (unpaired) electrons. The fourth-order valence-electron chi connectivity index (χ4n) is 4.09. The molecule has 2 fully saturated rings. The molecule has 154 valence electrons. The zero-order valence-electron chi connectivity index (χ0n) is 16.6. The van der Waals surface area contributed by atoms with E-state index < -0.39 is 0 Å². The van der Waals surface area contributed by atoms with Gasteiger partial charge in [0, 0.05) is 37.9 Å². The molecule has 1 aromatic carbocycles. The van der Waals surface area contributed by atoms with Gasteiger partial charge in [0.1, 0.15) is 11.6 Å². The lowest BCUT2D eigenvalue weighted by Crippen LogP contribution is -2.46. The molecule has 0 atom stereocenters. The maximum atomic E-state index is 13.1. The van der Waals surface area contributed by atoms with Gasteiger partial charge in [0.15, 0.2) is 0 Å². The van der Waals surface area contributed by atoms with Gasteiger partial charge in [-0.2, -0.15) is 0 Å². The molecule has 2 amide bonds. The number of anilines is 3. The summed E-state index contributed by atoms with van der Waals surface area (Å²) < 4.78 is 13.1. The number of rotatable bonds is 4. The van der Waals surface area contributed by atoms with Crippen molar-refractivity contribution in [1.29, 1.82) is 0 Å². The van der Waals surface area contributed by atoms with E-state index >= 15 is 0 Å². The second-order valence-electron chi connectivity index (χ2n) is 7.79. The number of nitrogens with one attached hydrogen (secondary N) is 2. The highest BCUT2D eigenvalue weighted by Crippen LogP contribution is 2.21. The van der Waals surface area contributed by atoms with E-state index in [9.17, 15) is 9.18 Å². The van der Waals surface area contributed by atoms with Crippen molar-refractivity contribution in [2.24, 2.45) is 0 Å². The Bertz CT molecular complexity index is 797. The molecular weight excluding hydrogens is 369 g/mol. The van der Waals surface area contributed by atoms with Gasteiger partial charge in [-0.25, -0.2) is 14.2 Å². The summed E-state index contributed by atoms with van der Waals surface area (Å²) in [5.41, 5.74) is 1.74. The number of urea groups is 1. The second kappa shape index (κ2) is 9.11. The first-order valence-electron chi connectivity index (χ1n) is 10.5. The first-order chi connectivity index (χ1) is 14.2. The fraction of sp³-hybridized carbons (Fsp3) is 0.455. The largest absolute Gasteiger partial charge is 0.368 e. The van der Waals surface area contributed by atoms with Crippen LogP contribution in [0.15, 0.2) is 42.6 Å². The van der Waals surface area contributed by atoms with Gasteiger partial charge in [0.2, 0.25) is 0 Å². The standard InChI is InChI=1S/C22H28FN5O/c23-17-6-9-20(10-7-17)27-12-14-28(15-13-27)21-11-8-19(16-24-21)26-22(29)25-18-4-2-1-3-5-18/h6-11,16,18H,1-5,12-15H2,(H2,25,26,29). The van der Waals surface area contributed by atoms with Crippen LogP contribution >= 0.6 is 0 Å². The molecule has 2 aliphatic rings. The normalized spacial score (nSPS) is 17.8. The molecule has 6 nitrogen and oxygen atoms in total. The number of aromatic nitrogens is 1. The maximum absolute atomic E-state index is 13.1. The lowest BCUT2D eigenvalue weighted by Gasteiger charge is -2.36. The fourth-order valence-corrected chi connectivity index (χ4v) is 4.09. The van der Waals surface area contributed by atoms with Crippen molar-refractivity contribution in [2.45, 2.75) is 38.1 Å². The molecule has 0 unspecified atom stereocenters. The van der Waals surface area contributed by atoms with Crippen molar-refractivity contribution in [1.82, 2.24) is 10.3 Å². The van der Waals surface area contributed by atoms with E-state index in [0.29, 0.717) is 5.69 Å². The highest BCUT2D eigenvalue weighted by Gasteiger charge is 2.19. The molecule has 1 aromatic heterocycles. The summed E-state index contributed by atoms with van der Waals surface area (Å²) in [6.45, 7) is 3.41. The third-order valence-corrected chi connectivity index (χ3v) is 5.74. The minimum absolute atomic E-state index is 0.153. The van der Waals surface area contributed by atoms with E-state index in [1.54, 1.807) is 6.20 Å². The van der Waals surface area contributed by atoms with E-state index in [1.807, 2.05) is 24.3 Å². The molecule has 2 N–H and O–H groups in total. The Hall–Kier alpha value is -2.83. The number of amides is 2. The first kappa shape index (κ1) is 19.5. The summed E-state index contributed by atoms with van der Waals surface area (Å²) in [4.78, 5) is 21.2. The Balaban J connectivity index is 1.27. The lowest BCUT2D eigenvalue weighted by molar-refractivity contribution is 0.244. The molecule has 0 bridgehead atoms. The Morgan fingerprint density at radius 1 is 0.931 bits per heavy atom. The van der Waals surface area contributed by atoms with E-state index in [2.05, 4.69) is 25.4 Å². The van der Waals surface area contributed by atoms with Crippen LogP contribution in [0.4, 0.5) is 26.4 Å². The van der Waals surface area contributed by atoms with Crippen LogP contribution in [0.3, 0.4) is 0 Å². The van der Waals surface area contributed by atoms with Gasteiger partial charge in [-0.15, -0.1) is 0 Å². The van der Waals surface area contributed by atoms with Crippen LogP contribution < -0.4 is 20.4 Å². The zero-order chi connectivity index (χ0) is 20.1. The summed E-state index contributed by atoms with van der Waals surface area (Å²) in [5, 5.41) is 5.93. The smallest absolute Gasteiger partial charge is 0.319 e. The van der Waals surface area contributed by atoms with Crippen LogP contribution in [0.5, 0.6) is 0 Å². The monoisotopic (exact) mass is 397 g/mol. The third kappa shape index (κ3) is 5.16. The highest BCUT2D eigenvalue weighted by molar-refractivity contribution is 5.89. The average Bonchev–Trinajstić information content (AvgIpc) is 2.76. The van der Waals surface area contributed by atoms with Crippen LogP contribution in [0.1, 0.15) is 32.1 Å². The molecular formula is C22H28FN5O. The molecule has 0 spiro atoms. The molecule has 4 rings (SSSR count). The number of nitrogens with zero attached hydrogens (tertiary/aromatic N) is 3. The van der Waals surface area contributed by atoms with Crippen LogP contribution in [-0.2, 0) is 0 Å². The number of hydrogen-bond acceptors (Lipinski definition) is 4. The third-order valence-electron chi connectivity index (χ3n) is 5.74. The molecule has 7 heteroatoms. The summed E-state index contributed by atoms with van der Waals surface area (Å²) >= 11 is 0. The summed E-state index contributed by atoms with van der Waals surface area (Å²) in [6.07, 6.45) is 7.49. The van der Waals surface area contributed by atoms with Crippen molar-refractivity contribution >= 4 is 23.2 Å². The van der Waals surface area contributed by atoms with Gasteiger partial charge in [-0.05, 0) is 49.2 Å². The Morgan fingerprint density at radius 2 is 1.62 bits per heavy atom. The molecule has 29 heavy (non-hydrogen) atoms. The highest BCUT2D eigenvalue weighted by atomic mass is 19.1. The van der Waals surface area contributed by atoms with Gasteiger partial charge in [0.25, 0.3) is 0 Å². The summed E-state index contributed by atoms with van der Waals surface area (Å²) in [6, 6.07) is 10.6. The van der Waals surface area contributed by atoms with Crippen molar-refractivity contribution in [3.8, 4) is 0 Å². The summed E-state index contributed by atoms with van der Waals surface area (Å²) in [7, 11) is 0. The van der Waals surface area contributed by atoms with Gasteiger partial charge in [-0.3, -0.25) is 0 Å². The Kier molecular flexibility index (Phi) is 6.12.